The summed E-state index contributed by atoms with van der Waals surface area (Å²) in [6.45, 7) is 8.44. The summed E-state index contributed by atoms with van der Waals surface area (Å²) in [7, 11) is 0. The Hall–Kier alpha value is -1.06. The van der Waals surface area contributed by atoms with Crippen molar-refractivity contribution in [3.05, 3.63) is 0 Å². The highest BCUT2D eigenvalue weighted by atomic mass is 16.2. The van der Waals surface area contributed by atoms with E-state index in [0.29, 0.717) is 18.9 Å². The van der Waals surface area contributed by atoms with Crippen molar-refractivity contribution >= 4 is 11.8 Å². The molecule has 0 bridgehead atoms. The molecule has 0 spiro atoms. The Morgan fingerprint density at radius 1 is 1.28 bits per heavy atom. The molecular formula is C14H24N2O2. The van der Waals surface area contributed by atoms with Crippen LogP contribution in [0.15, 0.2) is 0 Å². The molecule has 2 aliphatic rings. The number of nitrogens with zero attached hydrogens (tertiary/aromatic N) is 1. The van der Waals surface area contributed by atoms with Gasteiger partial charge in [0.05, 0.1) is 0 Å². The van der Waals surface area contributed by atoms with Crippen LogP contribution in [0.3, 0.4) is 0 Å². The molecule has 2 amide bonds. The van der Waals surface area contributed by atoms with E-state index in [2.05, 4.69) is 12.2 Å². The Balaban J connectivity index is 2.37. The fraction of sp³-hybridized carbons (Fsp3) is 0.857. The third-order valence-electron chi connectivity index (χ3n) is 4.65. The van der Waals surface area contributed by atoms with Crippen LogP contribution in [0.5, 0.6) is 0 Å². The first-order chi connectivity index (χ1) is 8.40. The monoisotopic (exact) mass is 252 g/mol. The Labute approximate surface area is 109 Å². The van der Waals surface area contributed by atoms with Gasteiger partial charge in [0.15, 0.2) is 0 Å². The van der Waals surface area contributed by atoms with Crippen LogP contribution in [-0.4, -0.2) is 34.3 Å². The van der Waals surface area contributed by atoms with Gasteiger partial charge in [-0.1, -0.05) is 13.8 Å². The number of carbonyl (C=O) groups is 2. The molecule has 102 valence electrons. The van der Waals surface area contributed by atoms with E-state index in [1.807, 2.05) is 25.7 Å². The lowest BCUT2D eigenvalue weighted by atomic mass is 9.82. The molecule has 2 rings (SSSR count). The molecule has 2 fully saturated rings. The Kier molecular flexibility index (Phi) is 3.16. The second-order valence-corrected chi connectivity index (χ2v) is 6.02. The van der Waals surface area contributed by atoms with Gasteiger partial charge in [-0.05, 0) is 45.4 Å². The maximum absolute atomic E-state index is 12.7. The summed E-state index contributed by atoms with van der Waals surface area (Å²) in [4.78, 5) is 27.0. The van der Waals surface area contributed by atoms with Gasteiger partial charge in [-0.15, -0.1) is 0 Å². The van der Waals surface area contributed by atoms with Crippen molar-refractivity contribution in [2.75, 3.05) is 6.54 Å². The molecule has 1 aliphatic carbocycles. The zero-order valence-corrected chi connectivity index (χ0v) is 11.9. The van der Waals surface area contributed by atoms with E-state index in [1.165, 1.54) is 0 Å². The predicted molar refractivity (Wildman–Crippen MR) is 70.0 cm³/mol. The zero-order valence-electron chi connectivity index (χ0n) is 11.9. The van der Waals surface area contributed by atoms with Gasteiger partial charge in [0.1, 0.15) is 11.1 Å². The molecule has 1 saturated heterocycles. The Morgan fingerprint density at radius 3 is 2.33 bits per heavy atom. The first kappa shape index (κ1) is 13.4. The number of nitrogens with one attached hydrogen (secondary N) is 1. The van der Waals surface area contributed by atoms with Crippen LogP contribution in [0.25, 0.3) is 0 Å². The number of hydrogen-bond acceptors (Lipinski definition) is 2. The molecule has 0 radical (unpaired) electrons. The topological polar surface area (TPSA) is 49.4 Å². The lowest BCUT2D eigenvalue weighted by Gasteiger charge is -2.50. The van der Waals surface area contributed by atoms with E-state index in [-0.39, 0.29) is 11.8 Å². The van der Waals surface area contributed by atoms with Crippen molar-refractivity contribution in [1.82, 2.24) is 10.2 Å². The summed E-state index contributed by atoms with van der Waals surface area (Å²) < 4.78 is 0. The lowest BCUT2D eigenvalue weighted by Crippen LogP contribution is -2.74. The van der Waals surface area contributed by atoms with E-state index in [1.54, 1.807) is 0 Å². The normalized spacial score (nSPS) is 36.8. The minimum atomic E-state index is -0.722. The molecule has 2 unspecified atom stereocenters. The van der Waals surface area contributed by atoms with Gasteiger partial charge < -0.3 is 10.2 Å². The number of amides is 2. The lowest BCUT2D eigenvalue weighted by molar-refractivity contribution is -0.163. The molecular weight excluding hydrogens is 228 g/mol. The second kappa shape index (κ2) is 4.25. The van der Waals surface area contributed by atoms with E-state index >= 15 is 0 Å². The molecule has 2 atom stereocenters. The third kappa shape index (κ3) is 1.73. The maximum atomic E-state index is 12.7. The van der Waals surface area contributed by atoms with Gasteiger partial charge in [-0.25, -0.2) is 0 Å². The SMILES string of the molecule is CCCN1C(=O)C(C)(CC)NC(=O)C1(C)C1CC1. The smallest absolute Gasteiger partial charge is 0.248 e. The highest BCUT2D eigenvalue weighted by Gasteiger charge is 2.59. The summed E-state index contributed by atoms with van der Waals surface area (Å²) in [6.07, 6.45) is 3.64. The average Bonchev–Trinajstić information content (AvgIpc) is 3.16. The van der Waals surface area contributed by atoms with Crippen molar-refractivity contribution in [2.45, 2.75) is 64.5 Å². The van der Waals surface area contributed by atoms with Gasteiger partial charge >= 0.3 is 0 Å². The maximum Gasteiger partial charge on any atom is 0.248 e. The standard InChI is InChI=1S/C14H24N2O2/c1-5-9-16-12(18)13(3,6-2)15-11(17)14(16,4)10-7-8-10/h10H,5-9H2,1-4H3,(H,15,17). The fourth-order valence-electron chi connectivity index (χ4n) is 2.91. The largest absolute Gasteiger partial charge is 0.340 e. The highest BCUT2D eigenvalue weighted by molar-refractivity contribution is 6.02. The van der Waals surface area contributed by atoms with E-state index in [9.17, 15) is 9.59 Å². The summed E-state index contributed by atoms with van der Waals surface area (Å²) in [5.74, 6) is 0.456. The quantitative estimate of drug-likeness (QED) is 0.827. The van der Waals surface area contributed by atoms with Crippen LogP contribution in [0.1, 0.15) is 53.4 Å². The van der Waals surface area contributed by atoms with Gasteiger partial charge in [0, 0.05) is 6.54 Å². The molecule has 1 saturated carbocycles. The molecule has 4 heteroatoms. The average molecular weight is 252 g/mol. The van der Waals surface area contributed by atoms with Crippen LogP contribution < -0.4 is 5.32 Å². The molecule has 1 aliphatic heterocycles. The van der Waals surface area contributed by atoms with Crippen LogP contribution in [0.4, 0.5) is 0 Å². The minimum absolute atomic E-state index is 0.0300. The van der Waals surface area contributed by atoms with Crippen molar-refractivity contribution in [1.29, 1.82) is 0 Å². The van der Waals surface area contributed by atoms with Crippen molar-refractivity contribution in [2.24, 2.45) is 5.92 Å². The minimum Gasteiger partial charge on any atom is -0.340 e. The van der Waals surface area contributed by atoms with E-state index in [4.69, 9.17) is 0 Å². The molecule has 1 N–H and O–H groups in total. The van der Waals surface area contributed by atoms with Gasteiger partial charge in [0.2, 0.25) is 11.8 Å². The second-order valence-electron chi connectivity index (χ2n) is 6.02. The summed E-state index contributed by atoms with van der Waals surface area (Å²) in [6, 6.07) is 0. The fourth-order valence-corrected chi connectivity index (χ4v) is 2.91. The van der Waals surface area contributed by atoms with Crippen LogP contribution >= 0.6 is 0 Å². The summed E-state index contributed by atoms with van der Waals surface area (Å²) in [5, 5.41) is 2.96. The summed E-state index contributed by atoms with van der Waals surface area (Å²) >= 11 is 0. The van der Waals surface area contributed by atoms with Crippen LogP contribution in [0.2, 0.25) is 0 Å². The molecule has 18 heavy (non-hydrogen) atoms. The van der Waals surface area contributed by atoms with E-state index < -0.39 is 11.1 Å². The first-order valence-electron chi connectivity index (χ1n) is 7.04. The Bertz CT molecular complexity index is 378. The highest BCUT2D eigenvalue weighted by Crippen LogP contribution is 2.46. The molecule has 0 aromatic carbocycles. The number of rotatable bonds is 4. The predicted octanol–water partition coefficient (Wildman–Crippen LogP) is 1.69. The van der Waals surface area contributed by atoms with Gasteiger partial charge in [0.25, 0.3) is 0 Å². The van der Waals surface area contributed by atoms with Crippen LogP contribution in [-0.2, 0) is 9.59 Å². The molecule has 1 heterocycles. The van der Waals surface area contributed by atoms with Crippen molar-refractivity contribution in [3.8, 4) is 0 Å². The number of carbonyl (C=O) groups excluding carboxylic acids is 2. The third-order valence-corrected chi connectivity index (χ3v) is 4.65. The Morgan fingerprint density at radius 2 is 1.89 bits per heavy atom. The van der Waals surface area contributed by atoms with Crippen molar-refractivity contribution in [3.63, 3.8) is 0 Å². The van der Waals surface area contributed by atoms with Gasteiger partial charge in [-0.3, -0.25) is 9.59 Å². The van der Waals surface area contributed by atoms with Crippen LogP contribution in [0, 0.1) is 5.92 Å². The molecule has 0 aromatic rings. The first-order valence-corrected chi connectivity index (χ1v) is 7.04. The number of hydrogen-bond donors (Lipinski definition) is 1. The summed E-state index contributed by atoms with van der Waals surface area (Å²) in [5.41, 5.74) is -1.34. The zero-order chi connectivity index (χ0) is 13.6. The molecule has 0 aromatic heterocycles. The van der Waals surface area contributed by atoms with E-state index in [0.717, 1.165) is 19.3 Å². The van der Waals surface area contributed by atoms with Crippen molar-refractivity contribution < 1.29 is 9.59 Å². The molecule has 4 nitrogen and oxygen atoms in total. The number of piperazine rings is 1. The van der Waals surface area contributed by atoms with Gasteiger partial charge in [-0.2, -0.15) is 0 Å².